The van der Waals surface area contributed by atoms with E-state index in [4.69, 9.17) is 5.73 Å². The van der Waals surface area contributed by atoms with Crippen LogP contribution in [0.25, 0.3) is 0 Å². The Balaban J connectivity index is 0.00000312. The van der Waals surface area contributed by atoms with Crippen molar-refractivity contribution in [1.82, 2.24) is 0 Å². The van der Waals surface area contributed by atoms with Crippen molar-refractivity contribution in [3.05, 3.63) is 65.5 Å². The number of hydrogen-bond donors (Lipinski definition) is 2. The Morgan fingerprint density at radius 1 is 1.12 bits per heavy atom. The van der Waals surface area contributed by atoms with Crippen molar-refractivity contribution in [3.8, 4) is 0 Å². The van der Waals surface area contributed by atoms with Gasteiger partial charge in [-0.25, -0.2) is 4.39 Å². The van der Waals surface area contributed by atoms with Crippen molar-refractivity contribution in [2.24, 2.45) is 5.73 Å². The standard InChI is InChI=1S/C17H15FN2O4.Na/c18-11-6-7-14(13(8-11)16(19)22)20-15(21)9-12(17(23)24)10-4-2-1-3-5-10;/h1-8,12H,9H2,(H2,19,22)(H,20,21)(H,23,24);/q;+1/p-1. The van der Waals surface area contributed by atoms with E-state index in [-0.39, 0.29) is 40.8 Å². The predicted octanol–water partition coefficient (Wildman–Crippen LogP) is -2.21. The molecule has 2 amide bonds. The van der Waals surface area contributed by atoms with Gasteiger partial charge in [0.25, 0.3) is 5.91 Å². The van der Waals surface area contributed by atoms with Gasteiger partial charge in [-0.1, -0.05) is 30.3 Å². The summed E-state index contributed by atoms with van der Waals surface area (Å²) in [6.45, 7) is 0. The molecule has 0 fully saturated rings. The quantitative estimate of drug-likeness (QED) is 0.574. The van der Waals surface area contributed by atoms with Crippen LogP contribution < -0.4 is 45.7 Å². The zero-order valence-electron chi connectivity index (χ0n) is 13.5. The number of carbonyl (C=O) groups is 3. The van der Waals surface area contributed by atoms with E-state index in [2.05, 4.69) is 5.32 Å². The number of anilines is 1. The predicted molar refractivity (Wildman–Crippen MR) is 82.4 cm³/mol. The maximum Gasteiger partial charge on any atom is 1.00 e. The summed E-state index contributed by atoms with van der Waals surface area (Å²) >= 11 is 0. The number of amides is 2. The summed E-state index contributed by atoms with van der Waals surface area (Å²) in [5, 5.41) is 13.7. The molecule has 0 saturated carbocycles. The van der Waals surface area contributed by atoms with Crippen LogP contribution in [0.2, 0.25) is 0 Å². The van der Waals surface area contributed by atoms with E-state index in [0.717, 1.165) is 12.1 Å². The second kappa shape index (κ2) is 9.31. The fourth-order valence-electron chi connectivity index (χ4n) is 2.24. The normalized spacial score (nSPS) is 11.1. The van der Waals surface area contributed by atoms with Crippen LogP contribution in [-0.4, -0.2) is 17.8 Å². The third-order valence-corrected chi connectivity index (χ3v) is 3.40. The summed E-state index contributed by atoms with van der Waals surface area (Å²) in [6.07, 6.45) is -0.401. The minimum Gasteiger partial charge on any atom is -0.549 e. The van der Waals surface area contributed by atoms with Crippen molar-refractivity contribution in [2.45, 2.75) is 12.3 Å². The van der Waals surface area contributed by atoms with E-state index in [1.54, 1.807) is 30.3 Å². The van der Waals surface area contributed by atoms with Crippen LogP contribution in [0.1, 0.15) is 28.3 Å². The maximum absolute atomic E-state index is 13.2. The van der Waals surface area contributed by atoms with Crippen molar-refractivity contribution in [2.75, 3.05) is 5.32 Å². The Morgan fingerprint density at radius 2 is 1.76 bits per heavy atom. The van der Waals surface area contributed by atoms with E-state index in [9.17, 15) is 23.9 Å². The minimum absolute atomic E-state index is 0. The zero-order chi connectivity index (χ0) is 17.7. The molecule has 6 nitrogen and oxygen atoms in total. The number of nitrogens with one attached hydrogen (secondary N) is 1. The first-order chi connectivity index (χ1) is 11.4. The molecule has 0 radical (unpaired) electrons. The Hall–Kier alpha value is -2.22. The Morgan fingerprint density at radius 3 is 2.32 bits per heavy atom. The molecule has 0 aliphatic rings. The van der Waals surface area contributed by atoms with Gasteiger partial charge < -0.3 is 21.0 Å². The minimum atomic E-state index is -1.40. The summed E-state index contributed by atoms with van der Waals surface area (Å²) < 4.78 is 13.2. The molecule has 2 rings (SSSR count). The molecule has 1 atom stereocenters. The number of nitrogens with two attached hydrogens (primary N) is 1. The SMILES string of the molecule is NC(=O)c1cc(F)ccc1NC(=O)CC(C(=O)[O-])c1ccccc1.[Na+]. The fourth-order valence-corrected chi connectivity index (χ4v) is 2.24. The molecule has 8 heteroatoms. The zero-order valence-corrected chi connectivity index (χ0v) is 15.5. The fraction of sp³-hybridized carbons (Fsp3) is 0.118. The first-order valence-electron chi connectivity index (χ1n) is 7.03. The molecule has 0 aliphatic carbocycles. The summed E-state index contributed by atoms with van der Waals surface area (Å²) in [5.41, 5.74) is 5.37. The molecule has 25 heavy (non-hydrogen) atoms. The molecule has 0 aliphatic heterocycles. The molecule has 0 bridgehead atoms. The molecule has 0 saturated heterocycles. The average Bonchev–Trinajstić information content (AvgIpc) is 2.54. The van der Waals surface area contributed by atoms with Crippen LogP contribution in [0.5, 0.6) is 0 Å². The third kappa shape index (κ3) is 5.67. The molecule has 3 N–H and O–H groups in total. The van der Waals surface area contributed by atoms with E-state index >= 15 is 0 Å². The average molecular weight is 352 g/mol. The van der Waals surface area contributed by atoms with Gasteiger partial charge in [0, 0.05) is 18.3 Å². The van der Waals surface area contributed by atoms with Crippen LogP contribution in [0.4, 0.5) is 10.1 Å². The third-order valence-electron chi connectivity index (χ3n) is 3.40. The summed E-state index contributed by atoms with van der Waals surface area (Å²) in [5.74, 6) is -4.81. The molecular formula is C17H14FN2NaO4. The Labute approximate surface area is 165 Å². The number of primary amides is 1. The van der Waals surface area contributed by atoms with Crippen LogP contribution in [0.15, 0.2) is 48.5 Å². The largest absolute Gasteiger partial charge is 1.00 e. The first-order valence-corrected chi connectivity index (χ1v) is 7.03. The number of benzene rings is 2. The van der Waals surface area contributed by atoms with Crippen molar-refractivity contribution in [3.63, 3.8) is 0 Å². The molecule has 0 heterocycles. The van der Waals surface area contributed by atoms with Gasteiger partial charge in [-0.2, -0.15) is 0 Å². The summed E-state index contributed by atoms with van der Waals surface area (Å²) in [7, 11) is 0. The van der Waals surface area contributed by atoms with Crippen molar-refractivity contribution >= 4 is 23.5 Å². The molecule has 0 spiro atoms. The van der Waals surface area contributed by atoms with E-state index in [1.807, 2.05) is 0 Å². The van der Waals surface area contributed by atoms with E-state index < -0.39 is 35.9 Å². The molecular weight excluding hydrogens is 338 g/mol. The van der Waals surface area contributed by atoms with Gasteiger partial charge in [-0.3, -0.25) is 9.59 Å². The smallest absolute Gasteiger partial charge is 0.549 e. The van der Waals surface area contributed by atoms with Gasteiger partial charge in [0.15, 0.2) is 0 Å². The number of carboxylic acids is 1. The van der Waals surface area contributed by atoms with Crippen molar-refractivity contribution < 1.29 is 53.4 Å². The molecule has 0 aromatic heterocycles. The van der Waals surface area contributed by atoms with Gasteiger partial charge in [-0.05, 0) is 23.8 Å². The van der Waals surface area contributed by atoms with Crippen LogP contribution in [0, 0.1) is 5.82 Å². The Kier molecular flexibility index (Phi) is 7.76. The van der Waals surface area contributed by atoms with Crippen LogP contribution in [0.3, 0.4) is 0 Å². The van der Waals surface area contributed by atoms with Crippen LogP contribution >= 0.6 is 0 Å². The van der Waals surface area contributed by atoms with E-state index in [0.29, 0.717) is 5.56 Å². The number of halogens is 1. The first kappa shape index (κ1) is 20.8. The molecule has 2 aromatic carbocycles. The van der Waals surface area contributed by atoms with E-state index in [1.165, 1.54) is 6.07 Å². The monoisotopic (exact) mass is 352 g/mol. The van der Waals surface area contributed by atoms with Crippen LogP contribution in [-0.2, 0) is 9.59 Å². The number of carboxylic acid groups (broad SMARTS) is 1. The Bertz CT molecular complexity index is 783. The number of aliphatic carboxylic acids is 1. The van der Waals surface area contributed by atoms with Gasteiger partial charge >= 0.3 is 29.6 Å². The maximum atomic E-state index is 13.2. The number of carbonyl (C=O) groups excluding carboxylic acids is 3. The molecule has 1 unspecified atom stereocenters. The topological polar surface area (TPSA) is 112 Å². The molecule has 2 aromatic rings. The number of rotatable bonds is 6. The molecule has 124 valence electrons. The van der Waals surface area contributed by atoms with Gasteiger partial charge in [0.1, 0.15) is 5.82 Å². The second-order valence-corrected chi connectivity index (χ2v) is 5.09. The summed E-state index contributed by atoms with van der Waals surface area (Å²) in [4.78, 5) is 34.7. The van der Waals surface area contributed by atoms with Gasteiger partial charge in [0.2, 0.25) is 5.91 Å². The second-order valence-electron chi connectivity index (χ2n) is 5.09. The van der Waals surface area contributed by atoms with Gasteiger partial charge in [-0.15, -0.1) is 0 Å². The van der Waals surface area contributed by atoms with Crippen molar-refractivity contribution in [1.29, 1.82) is 0 Å². The van der Waals surface area contributed by atoms with Gasteiger partial charge in [0.05, 0.1) is 11.3 Å². The summed E-state index contributed by atoms with van der Waals surface area (Å²) in [6, 6.07) is 11.3. The number of hydrogen-bond acceptors (Lipinski definition) is 4.